The molecule has 1 amide bonds. The molecule has 0 bridgehead atoms. The number of pyridine rings is 1. The Labute approximate surface area is 205 Å². The highest BCUT2D eigenvalue weighted by molar-refractivity contribution is 5.95. The number of piperazine rings is 1. The normalized spacial score (nSPS) is 14.0. The van der Waals surface area contributed by atoms with Gasteiger partial charge in [-0.1, -0.05) is 6.07 Å². The molecule has 7 nitrogen and oxygen atoms in total. The lowest BCUT2D eigenvalue weighted by Gasteiger charge is -2.35. The van der Waals surface area contributed by atoms with Crippen molar-refractivity contribution in [2.45, 2.75) is 20.1 Å². The highest BCUT2D eigenvalue weighted by Crippen LogP contribution is 2.30. The smallest absolute Gasteiger partial charge is 0.254 e. The molecule has 2 aromatic carbocycles. The van der Waals surface area contributed by atoms with Gasteiger partial charge in [0.25, 0.3) is 5.91 Å². The van der Waals surface area contributed by atoms with Gasteiger partial charge in [-0.05, 0) is 60.5 Å². The van der Waals surface area contributed by atoms with E-state index in [9.17, 15) is 9.18 Å². The van der Waals surface area contributed by atoms with Crippen LogP contribution in [0.5, 0.6) is 17.2 Å². The minimum Gasteiger partial charge on any atom is -0.494 e. The van der Waals surface area contributed by atoms with E-state index in [1.54, 1.807) is 36.7 Å². The Bertz CT molecular complexity index is 1130. The Morgan fingerprint density at radius 3 is 2.34 bits per heavy atom. The third kappa shape index (κ3) is 6.27. The molecule has 3 aromatic rings. The Morgan fingerprint density at radius 2 is 1.66 bits per heavy atom. The molecule has 0 saturated carbocycles. The first-order valence-corrected chi connectivity index (χ1v) is 11.7. The van der Waals surface area contributed by atoms with E-state index in [1.165, 1.54) is 13.2 Å². The molecule has 1 saturated heterocycles. The van der Waals surface area contributed by atoms with E-state index in [0.717, 1.165) is 11.1 Å². The lowest BCUT2D eigenvalue weighted by Crippen LogP contribution is -2.48. The molecule has 0 spiro atoms. The third-order valence-electron chi connectivity index (χ3n) is 5.92. The van der Waals surface area contributed by atoms with Crippen molar-refractivity contribution in [3.05, 3.63) is 83.4 Å². The average Bonchev–Trinajstić information content (AvgIpc) is 2.89. The molecule has 184 valence electrons. The number of methoxy groups -OCH3 is 1. The first-order chi connectivity index (χ1) is 17.1. The second-order valence-electron chi connectivity index (χ2n) is 8.28. The number of hydrogen-bond donors (Lipinski definition) is 0. The van der Waals surface area contributed by atoms with E-state index in [2.05, 4.69) is 9.88 Å². The summed E-state index contributed by atoms with van der Waals surface area (Å²) in [6.45, 7) is 6.00. The molecular weight excluding hydrogens is 449 g/mol. The maximum Gasteiger partial charge on any atom is 0.254 e. The molecule has 35 heavy (non-hydrogen) atoms. The number of benzene rings is 2. The van der Waals surface area contributed by atoms with Crippen LogP contribution in [0.4, 0.5) is 4.39 Å². The van der Waals surface area contributed by atoms with Crippen LogP contribution in [0.3, 0.4) is 0 Å². The SMILES string of the molecule is CCOc1cc(C(=O)N2CCN(Cc3ccc(OC)c(F)c3)CC2)ccc1OCc1ccncc1. The average molecular weight is 480 g/mol. The third-order valence-corrected chi connectivity index (χ3v) is 5.92. The number of carbonyl (C=O) groups excluding carboxylic acids is 1. The van der Waals surface area contributed by atoms with Crippen molar-refractivity contribution in [2.24, 2.45) is 0 Å². The van der Waals surface area contributed by atoms with E-state index in [1.807, 2.05) is 30.0 Å². The monoisotopic (exact) mass is 479 g/mol. The summed E-state index contributed by atoms with van der Waals surface area (Å²) in [5.41, 5.74) is 2.44. The van der Waals surface area contributed by atoms with Gasteiger partial charge >= 0.3 is 0 Å². The predicted octanol–water partition coefficient (Wildman–Crippen LogP) is 4.17. The van der Waals surface area contributed by atoms with Gasteiger partial charge in [-0.25, -0.2) is 4.39 Å². The molecule has 0 unspecified atom stereocenters. The number of halogens is 1. The van der Waals surface area contributed by atoms with Crippen LogP contribution in [0, 0.1) is 5.82 Å². The molecule has 1 aliphatic rings. The van der Waals surface area contributed by atoms with Gasteiger partial charge in [0, 0.05) is 50.7 Å². The maximum atomic E-state index is 14.0. The Hall–Kier alpha value is -3.65. The first-order valence-electron chi connectivity index (χ1n) is 11.7. The molecule has 4 rings (SSSR count). The number of hydrogen-bond acceptors (Lipinski definition) is 6. The van der Waals surface area contributed by atoms with E-state index < -0.39 is 0 Å². The van der Waals surface area contributed by atoms with Gasteiger partial charge in [0.1, 0.15) is 6.61 Å². The second kappa shape index (κ2) is 11.7. The lowest BCUT2D eigenvalue weighted by molar-refractivity contribution is 0.0628. The highest BCUT2D eigenvalue weighted by atomic mass is 19.1. The summed E-state index contributed by atoms with van der Waals surface area (Å²) in [5, 5.41) is 0. The maximum absolute atomic E-state index is 14.0. The summed E-state index contributed by atoms with van der Waals surface area (Å²) in [6, 6.07) is 14.1. The first kappa shape index (κ1) is 24.5. The molecule has 2 heterocycles. The lowest BCUT2D eigenvalue weighted by atomic mass is 10.1. The van der Waals surface area contributed by atoms with Crippen molar-refractivity contribution in [3.63, 3.8) is 0 Å². The molecule has 1 aromatic heterocycles. The molecular formula is C27H30FN3O4. The summed E-state index contributed by atoms with van der Waals surface area (Å²) in [5.74, 6) is 0.979. The number of carbonyl (C=O) groups is 1. The van der Waals surface area contributed by atoms with E-state index >= 15 is 0 Å². The number of aromatic nitrogens is 1. The van der Waals surface area contributed by atoms with E-state index in [-0.39, 0.29) is 17.5 Å². The fourth-order valence-electron chi connectivity index (χ4n) is 4.03. The summed E-state index contributed by atoms with van der Waals surface area (Å²) >= 11 is 0. The van der Waals surface area contributed by atoms with Crippen LogP contribution in [0.2, 0.25) is 0 Å². The Balaban J connectivity index is 1.35. The van der Waals surface area contributed by atoms with Gasteiger partial charge in [-0.2, -0.15) is 0 Å². The van der Waals surface area contributed by atoms with Gasteiger partial charge in [-0.15, -0.1) is 0 Å². The second-order valence-corrected chi connectivity index (χ2v) is 8.28. The largest absolute Gasteiger partial charge is 0.494 e. The fraction of sp³-hybridized carbons (Fsp3) is 0.333. The fourth-order valence-corrected chi connectivity index (χ4v) is 4.03. The van der Waals surface area contributed by atoms with Crippen LogP contribution in [-0.2, 0) is 13.2 Å². The molecule has 1 aliphatic heterocycles. The van der Waals surface area contributed by atoms with Crippen molar-refractivity contribution in [3.8, 4) is 17.2 Å². The summed E-state index contributed by atoms with van der Waals surface area (Å²) in [4.78, 5) is 21.2. The van der Waals surface area contributed by atoms with Crippen molar-refractivity contribution in [1.29, 1.82) is 0 Å². The zero-order valence-electron chi connectivity index (χ0n) is 20.1. The summed E-state index contributed by atoms with van der Waals surface area (Å²) < 4.78 is 30.7. The van der Waals surface area contributed by atoms with Crippen molar-refractivity contribution in [2.75, 3.05) is 39.9 Å². The van der Waals surface area contributed by atoms with Crippen LogP contribution < -0.4 is 14.2 Å². The number of ether oxygens (including phenoxy) is 3. The summed E-state index contributed by atoms with van der Waals surface area (Å²) in [6.07, 6.45) is 3.44. The van der Waals surface area contributed by atoms with Crippen LogP contribution >= 0.6 is 0 Å². The zero-order chi connectivity index (χ0) is 24.6. The highest BCUT2D eigenvalue weighted by Gasteiger charge is 2.23. The standard InChI is InChI=1S/C27H30FN3O4/c1-3-34-26-17-22(5-7-25(26)35-19-20-8-10-29-11-9-20)27(32)31-14-12-30(13-15-31)18-21-4-6-24(33-2)23(28)16-21/h4-11,16-17H,3,12-15,18-19H2,1-2H3. The minimum atomic E-state index is -0.364. The van der Waals surface area contributed by atoms with Crippen molar-refractivity contribution in [1.82, 2.24) is 14.8 Å². The quantitative estimate of drug-likeness (QED) is 0.459. The van der Waals surface area contributed by atoms with Crippen LogP contribution in [0.25, 0.3) is 0 Å². The molecule has 8 heteroatoms. The Morgan fingerprint density at radius 1 is 0.914 bits per heavy atom. The minimum absolute atomic E-state index is 0.0400. The van der Waals surface area contributed by atoms with Crippen molar-refractivity contribution >= 4 is 5.91 Å². The van der Waals surface area contributed by atoms with Gasteiger partial charge in [0.05, 0.1) is 13.7 Å². The van der Waals surface area contributed by atoms with E-state index in [0.29, 0.717) is 63.0 Å². The molecule has 1 fully saturated rings. The van der Waals surface area contributed by atoms with Gasteiger partial charge in [-0.3, -0.25) is 14.7 Å². The van der Waals surface area contributed by atoms with E-state index in [4.69, 9.17) is 14.2 Å². The number of amides is 1. The predicted molar refractivity (Wildman–Crippen MR) is 130 cm³/mol. The topological polar surface area (TPSA) is 64.1 Å². The van der Waals surface area contributed by atoms with Gasteiger partial charge < -0.3 is 19.1 Å². The van der Waals surface area contributed by atoms with Crippen molar-refractivity contribution < 1.29 is 23.4 Å². The molecule has 0 N–H and O–H groups in total. The summed E-state index contributed by atoms with van der Waals surface area (Å²) in [7, 11) is 1.45. The van der Waals surface area contributed by atoms with Gasteiger partial charge in [0.15, 0.2) is 23.1 Å². The number of rotatable bonds is 9. The number of nitrogens with zero attached hydrogens (tertiary/aromatic N) is 3. The van der Waals surface area contributed by atoms with Gasteiger partial charge in [0.2, 0.25) is 0 Å². The van der Waals surface area contributed by atoms with Crippen LogP contribution in [0.15, 0.2) is 60.9 Å². The molecule has 0 aliphatic carbocycles. The molecule has 0 radical (unpaired) electrons. The zero-order valence-corrected chi connectivity index (χ0v) is 20.1. The Kier molecular flexibility index (Phi) is 8.15. The van der Waals surface area contributed by atoms with Crippen LogP contribution in [0.1, 0.15) is 28.4 Å². The molecule has 0 atom stereocenters. The van der Waals surface area contributed by atoms with Crippen LogP contribution in [-0.4, -0.2) is 60.6 Å².